The van der Waals surface area contributed by atoms with Crippen LogP contribution in [0.3, 0.4) is 0 Å². The molecule has 0 bridgehead atoms. The van der Waals surface area contributed by atoms with Gasteiger partial charge >= 0.3 is 43.7 Å². The van der Waals surface area contributed by atoms with Crippen molar-refractivity contribution in [2.75, 3.05) is 0 Å². The van der Waals surface area contributed by atoms with Gasteiger partial charge in [0.05, 0.1) is 0 Å². The monoisotopic (exact) mass is 298 g/mol. The van der Waals surface area contributed by atoms with Crippen molar-refractivity contribution < 1.29 is 29.7 Å². The molecule has 0 saturated carbocycles. The molecule has 0 heterocycles. The second kappa shape index (κ2) is 22.3. The van der Waals surface area contributed by atoms with Crippen LogP contribution in [-0.4, -0.2) is 60.8 Å². The third kappa shape index (κ3) is 59.3. The standard InChI is InChI=1S/C6H8O2.2C3H6O2.Ca/c1-2-3-4-5-6(7)8;2*1-2-3(4)5;/h2-5H,1H3,(H,7,8);2*2H2,1H3,(H,4,5);/q;;;+2/p-2. The Balaban J connectivity index is -0.0000000906. The van der Waals surface area contributed by atoms with E-state index in [2.05, 4.69) is 0 Å². The average Bonchev–Trinajstić information content (AvgIpc) is 2.30. The minimum absolute atomic E-state index is 0. The molecule has 0 aromatic carbocycles. The summed E-state index contributed by atoms with van der Waals surface area (Å²) < 4.78 is 0. The van der Waals surface area contributed by atoms with Crippen LogP contribution >= 0.6 is 0 Å². The van der Waals surface area contributed by atoms with E-state index in [1.807, 2.05) is 6.92 Å². The first-order chi connectivity index (χ1) is 8.31. The first kappa shape index (κ1) is 26.7. The van der Waals surface area contributed by atoms with Gasteiger partial charge in [-0.2, -0.15) is 0 Å². The summed E-state index contributed by atoms with van der Waals surface area (Å²) >= 11 is 0. The van der Waals surface area contributed by atoms with Crippen molar-refractivity contribution >= 4 is 55.6 Å². The van der Waals surface area contributed by atoms with Crippen molar-refractivity contribution in [1.29, 1.82) is 0 Å². The van der Waals surface area contributed by atoms with Gasteiger partial charge in [-0.25, -0.2) is 4.79 Å². The molecular weight excluding hydrogens is 280 g/mol. The Kier molecular flexibility index (Phi) is 31.3. The summed E-state index contributed by atoms with van der Waals surface area (Å²) in [6.45, 7) is 4.90. The van der Waals surface area contributed by atoms with E-state index in [-0.39, 0.29) is 50.6 Å². The van der Waals surface area contributed by atoms with E-state index in [1.54, 1.807) is 12.2 Å². The third-order valence-electron chi connectivity index (χ3n) is 1.12. The maximum Gasteiger partial charge on any atom is 2.00 e. The molecule has 0 aliphatic carbocycles. The molecule has 0 fully saturated rings. The molecule has 0 aromatic heterocycles. The molecule has 1 N–H and O–H groups in total. The molecule has 6 nitrogen and oxygen atoms in total. The number of rotatable bonds is 4. The Hall–Kier alpha value is -0.850. The Bertz CT molecular complexity index is 283. The number of hydrogen-bond donors (Lipinski definition) is 1. The predicted molar refractivity (Wildman–Crippen MR) is 67.9 cm³/mol. The largest absolute Gasteiger partial charge is 2.00 e. The zero-order valence-electron chi connectivity index (χ0n) is 11.4. The summed E-state index contributed by atoms with van der Waals surface area (Å²) in [6, 6.07) is 0. The number of allylic oxidation sites excluding steroid dienone is 3. The van der Waals surface area contributed by atoms with Gasteiger partial charge in [-0.15, -0.1) is 0 Å². The van der Waals surface area contributed by atoms with Crippen molar-refractivity contribution in [3.05, 3.63) is 24.3 Å². The van der Waals surface area contributed by atoms with Gasteiger partial charge in [-0.3, -0.25) is 0 Å². The second-order valence-corrected chi connectivity index (χ2v) is 2.67. The van der Waals surface area contributed by atoms with Crippen LogP contribution in [0.1, 0.15) is 33.6 Å². The molecule has 0 unspecified atom stereocenters. The molecule has 7 heteroatoms. The van der Waals surface area contributed by atoms with Crippen molar-refractivity contribution in [2.45, 2.75) is 33.6 Å². The van der Waals surface area contributed by atoms with Gasteiger partial charge in [0.25, 0.3) is 0 Å². The molecule has 0 atom stereocenters. The molecule has 19 heavy (non-hydrogen) atoms. The van der Waals surface area contributed by atoms with E-state index in [4.69, 9.17) is 5.11 Å². The molecular formula is C12H18CaO6. The van der Waals surface area contributed by atoms with E-state index in [1.165, 1.54) is 19.9 Å². The number of carboxylic acids is 3. The molecule has 104 valence electrons. The van der Waals surface area contributed by atoms with E-state index in [9.17, 15) is 24.6 Å². The average molecular weight is 298 g/mol. The van der Waals surface area contributed by atoms with Gasteiger partial charge in [0, 0.05) is 18.0 Å². The quantitative estimate of drug-likeness (QED) is 0.409. The minimum atomic E-state index is -0.995. The number of carboxylic acid groups (broad SMARTS) is 3. The van der Waals surface area contributed by atoms with Crippen LogP contribution in [-0.2, 0) is 14.4 Å². The predicted octanol–water partition coefficient (Wildman–Crippen LogP) is -0.885. The zero-order valence-corrected chi connectivity index (χ0v) is 13.6. The van der Waals surface area contributed by atoms with Crippen LogP contribution in [0.5, 0.6) is 0 Å². The van der Waals surface area contributed by atoms with E-state index < -0.39 is 17.9 Å². The molecule has 0 aromatic rings. The van der Waals surface area contributed by atoms with Crippen molar-refractivity contribution in [3.8, 4) is 0 Å². The fourth-order valence-corrected chi connectivity index (χ4v) is 0.249. The van der Waals surface area contributed by atoms with Gasteiger partial charge in [0.1, 0.15) is 0 Å². The van der Waals surface area contributed by atoms with E-state index >= 15 is 0 Å². The number of aliphatic carboxylic acids is 3. The fourth-order valence-electron chi connectivity index (χ4n) is 0.249. The van der Waals surface area contributed by atoms with Crippen LogP contribution in [0, 0.1) is 0 Å². The van der Waals surface area contributed by atoms with Crippen molar-refractivity contribution in [2.24, 2.45) is 0 Å². The minimum Gasteiger partial charge on any atom is -0.550 e. The summed E-state index contributed by atoms with van der Waals surface area (Å²) in [4.78, 5) is 28.3. The Labute approximate surface area is 142 Å². The SMILES string of the molecule is CC=CC=CC(=O)O.CCC(=O)[O-].CCC(=O)[O-].[Ca+2]. The summed E-state index contributed by atoms with van der Waals surface area (Å²) in [5.74, 6) is -2.90. The van der Waals surface area contributed by atoms with Crippen LogP contribution in [0.2, 0.25) is 0 Å². The molecule has 0 aliphatic heterocycles. The molecule has 0 amide bonds. The summed E-state index contributed by atoms with van der Waals surface area (Å²) in [6.07, 6.45) is 6.20. The van der Waals surface area contributed by atoms with Crippen LogP contribution in [0.15, 0.2) is 24.3 Å². The maximum atomic E-state index is 9.75. The van der Waals surface area contributed by atoms with E-state index in [0.717, 1.165) is 6.08 Å². The molecule has 0 rings (SSSR count). The fraction of sp³-hybridized carbons (Fsp3) is 0.417. The summed E-state index contributed by atoms with van der Waals surface area (Å²) in [5.41, 5.74) is 0. The summed E-state index contributed by atoms with van der Waals surface area (Å²) in [5, 5.41) is 26.5. The topological polar surface area (TPSA) is 118 Å². The number of carbonyl (C=O) groups is 3. The molecule has 0 saturated heterocycles. The van der Waals surface area contributed by atoms with Gasteiger partial charge in [-0.05, 0) is 19.8 Å². The van der Waals surface area contributed by atoms with Gasteiger partial charge in [-0.1, -0.05) is 32.1 Å². The Morgan fingerprint density at radius 2 is 1.32 bits per heavy atom. The second-order valence-electron chi connectivity index (χ2n) is 2.67. The van der Waals surface area contributed by atoms with Crippen molar-refractivity contribution in [1.82, 2.24) is 0 Å². The van der Waals surface area contributed by atoms with E-state index in [0.29, 0.717) is 0 Å². The third-order valence-corrected chi connectivity index (χ3v) is 1.12. The Morgan fingerprint density at radius 3 is 1.47 bits per heavy atom. The van der Waals surface area contributed by atoms with Crippen molar-refractivity contribution in [3.63, 3.8) is 0 Å². The van der Waals surface area contributed by atoms with Gasteiger partial charge in [0.2, 0.25) is 0 Å². The number of carbonyl (C=O) groups excluding carboxylic acids is 2. The van der Waals surface area contributed by atoms with Crippen LogP contribution < -0.4 is 10.2 Å². The van der Waals surface area contributed by atoms with Crippen LogP contribution in [0.25, 0.3) is 0 Å². The number of hydrogen-bond acceptors (Lipinski definition) is 5. The summed E-state index contributed by atoms with van der Waals surface area (Å²) in [7, 11) is 0. The van der Waals surface area contributed by atoms with Gasteiger partial charge in [0.15, 0.2) is 0 Å². The first-order valence-electron chi connectivity index (χ1n) is 5.23. The molecule has 0 spiro atoms. The smallest absolute Gasteiger partial charge is 0.550 e. The normalized spacial score (nSPS) is 8.58. The molecule has 0 radical (unpaired) electrons. The maximum absolute atomic E-state index is 9.75. The molecule has 0 aliphatic rings. The Morgan fingerprint density at radius 1 is 1.00 bits per heavy atom. The zero-order chi connectivity index (χ0) is 15.0. The first-order valence-corrected chi connectivity index (χ1v) is 5.23. The van der Waals surface area contributed by atoms with Crippen LogP contribution in [0.4, 0.5) is 0 Å². The van der Waals surface area contributed by atoms with Gasteiger partial charge < -0.3 is 24.9 Å².